The minimum atomic E-state index is -0.372. The lowest BCUT2D eigenvalue weighted by Crippen LogP contribution is -2.23. The third kappa shape index (κ3) is 4.15. The van der Waals surface area contributed by atoms with E-state index in [4.69, 9.17) is 9.25 Å². The Bertz CT molecular complexity index is 524. The second-order valence-corrected chi connectivity index (χ2v) is 4.77. The number of carbonyl (C=O) groups is 1. The standard InChI is InChI=1S/C14H15NO3S/c1-19-10-12-7-8-13(18-12)14(16)15-17-9-11-5-3-2-4-6-11/h2-8H,9-10H2,1H3,(H,15,16). The summed E-state index contributed by atoms with van der Waals surface area (Å²) in [7, 11) is 0. The molecule has 1 aromatic heterocycles. The van der Waals surface area contributed by atoms with Crippen LogP contribution in [0.5, 0.6) is 0 Å². The normalized spacial score (nSPS) is 10.4. The number of amides is 1. The molecule has 0 aliphatic rings. The van der Waals surface area contributed by atoms with Crippen LogP contribution in [0.25, 0.3) is 0 Å². The van der Waals surface area contributed by atoms with Gasteiger partial charge in [0.25, 0.3) is 0 Å². The third-order valence-electron chi connectivity index (χ3n) is 2.42. The number of thioether (sulfide) groups is 1. The fourth-order valence-electron chi connectivity index (χ4n) is 1.53. The molecule has 1 N–H and O–H groups in total. The van der Waals surface area contributed by atoms with Crippen molar-refractivity contribution < 1.29 is 14.0 Å². The number of hydrogen-bond acceptors (Lipinski definition) is 4. The van der Waals surface area contributed by atoms with E-state index >= 15 is 0 Å². The van der Waals surface area contributed by atoms with Crippen molar-refractivity contribution in [2.75, 3.05) is 6.26 Å². The summed E-state index contributed by atoms with van der Waals surface area (Å²) in [5.74, 6) is 1.42. The highest BCUT2D eigenvalue weighted by molar-refractivity contribution is 7.97. The molecule has 2 rings (SSSR count). The fourth-order valence-corrected chi connectivity index (χ4v) is 1.97. The molecular weight excluding hydrogens is 262 g/mol. The minimum absolute atomic E-state index is 0.261. The summed E-state index contributed by atoms with van der Waals surface area (Å²) >= 11 is 1.64. The van der Waals surface area contributed by atoms with Crippen LogP contribution < -0.4 is 5.48 Å². The molecule has 0 spiro atoms. The molecule has 0 fully saturated rings. The third-order valence-corrected chi connectivity index (χ3v) is 2.99. The molecule has 0 aliphatic heterocycles. The molecule has 0 saturated carbocycles. The molecule has 0 unspecified atom stereocenters. The lowest BCUT2D eigenvalue weighted by Gasteiger charge is -2.04. The highest BCUT2D eigenvalue weighted by atomic mass is 32.2. The molecule has 1 amide bonds. The Morgan fingerprint density at radius 3 is 2.79 bits per heavy atom. The SMILES string of the molecule is CSCc1ccc(C(=O)NOCc2ccccc2)o1. The second kappa shape index (κ2) is 7.01. The zero-order chi connectivity index (χ0) is 13.5. The van der Waals surface area contributed by atoms with E-state index in [1.165, 1.54) is 0 Å². The van der Waals surface area contributed by atoms with Gasteiger partial charge in [-0.25, -0.2) is 5.48 Å². The number of hydrogen-bond donors (Lipinski definition) is 1. The van der Waals surface area contributed by atoms with Crippen molar-refractivity contribution in [3.63, 3.8) is 0 Å². The van der Waals surface area contributed by atoms with Gasteiger partial charge in [0, 0.05) is 0 Å². The van der Waals surface area contributed by atoms with E-state index in [9.17, 15) is 4.79 Å². The molecule has 100 valence electrons. The quantitative estimate of drug-likeness (QED) is 0.825. The van der Waals surface area contributed by atoms with Crippen LogP contribution in [0, 0.1) is 0 Å². The first-order valence-electron chi connectivity index (χ1n) is 5.83. The molecule has 0 atom stereocenters. The van der Waals surface area contributed by atoms with Crippen molar-refractivity contribution in [2.45, 2.75) is 12.4 Å². The van der Waals surface area contributed by atoms with Gasteiger partial charge in [-0.05, 0) is 24.0 Å². The number of hydroxylamine groups is 1. The molecule has 0 radical (unpaired) electrons. The van der Waals surface area contributed by atoms with Crippen molar-refractivity contribution >= 4 is 17.7 Å². The minimum Gasteiger partial charge on any atom is -0.455 e. The predicted octanol–water partition coefficient (Wildman–Crippen LogP) is 3.00. The van der Waals surface area contributed by atoms with Gasteiger partial charge in [-0.1, -0.05) is 30.3 Å². The summed E-state index contributed by atoms with van der Waals surface area (Å²) in [6, 6.07) is 13.1. The first-order valence-corrected chi connectivity index (χ1v) is 7.22. The number of carbonyl (C=O) groups excluding carboxylic acids is 1. The highest BCUT2D eigenvalue weighted by Gasteiger charge is 2.10. The lowest BCUT2D eigenvalue weighted by molar-refractivity contribution is 0.0211. The van der Waals surface area contributed by atoms with Crippen LogP contribution in [-0.2, 0) is 17.2 Å². The van der Waals surface area contributed by atoms with Crippen LogP contribution >= 0.6 is 11.8 Å². The number of furan rings is 1. The Labute approximate surface area is 116 Å². The largest absolute Gasteiger partial charge is 0.455 e. The molecule has 1 aromatic carbocycles. The Hall–Kier alpha value is -1.72. The van der Waals surface area contributed by atoms with E-state index in [0.717, 1.165) is 17.1 Å². The van der Waals surface area contributed by atoms with Crippen molar-refractivity contribution in [3.8, 4) is 0 Å². The van der Waals surface area contributed by atoms with Crippen LogP contribution in [0.2, 0.25) is 0 Å². The Morgan fingerprint density at radius 2 is 2.05 bits per heavy atom. The summed E-state index contributed by atoms with van der Waals surface area (Å²) in [6.45, 7) is 0.324. The van der Waals surface area contributed by atoms with Gasteiger partial charge >= 0.3 is 5.91 Å². The number of benzene rings is 1. The molecule has 5 heteroatoms. The molecule has 0 bridgehead atoms. The van der Waals surface area contributed by atoms with E-state index in [1.54, 1.807) is 23.9 Å². The monoisotopic (exact) mass is 277 g/mol. The number of rotatable bonds is 6. The first kappa shape index (κ1) is 13.7. The highest BCUT2D eigenvalue weighted by Crippen LogP contribution is 2.13. The molecule has 0 aliphatic carbocycles. The molecule has 1 heterocycles. The van der Waals surface area contributed by atoms with Gasteiger partial charge in [-0.2, -0.15) is 11.8 Å². The van der Waals surface area contributed by atoms with Crippen LogP contribution in [-0.4, -0.2) is 12.2 Å². The van der Waals surface area contributed by atoms with Gasteiger partial charge < -0.3 is 4.42 Å². The van der Waals surface area contributed by atoms with E-state index < -0.39 is 0 Å². The second-order valence-electron chi connectivity index (χ2n) is 3.90. The fraction of sp³-hybridized carbons (Fsp3) is 0.214. The van der Waals surface area contributed by atoms with Crippen molar-refractivity contribution in [3.05, 3.63) is 59.5 Å². The topological polar surface area (TPSA) is 51.5 Å². The van der Waals surface area contributed by atoms with E-state index in [0.29, 0.717) is 6.61 Å². The van der Waals surface area contributed by atoms with E-state index in [1.807, 2.05) is 36.6 Å². The van der Waals surface area contributed by atoms with Crippen molar-refractivity contribution in [1.82, 2.24) is 5.48 Å². The summed E-state index contributed by atoms with van der Waals surface area (Å²) in [4.78, 5) is 16.9. The Kier molecular flexibility index (Phi) is 5.06. The average Bonchev–Trinajstić information content (AvgIpc) is 2.89. The first-order chi connectivity index (χ1) is 9.29. The molecule has 0 saturated heterocycles. The molecular formula is C14H15NO3S. The summed E-state index contributed by atoms with van der Waals surface area (Å²) in [5.41, 5.74) is 3.35. The van der Waals surface area contributed by atoms with Crippen LogP contribution in [0.15, 0.2) is 46.9 Å². The average molecular weight is 277 g/mol. The zero-order valence-electron chi connectivity index (χ0n) is 10.6. The Balaban J connectivity index is 1.80. The van der Waals surface area contributed by atoms with Crippen molar-refractivity contribution in [1.29, 1.82) is 0 Å². The van der Waals surface area contributed by atoms with Gasteiger partial charge in [-0.3, -0.25) is 9.63 Å². The maximum Gasteiger partial charge on any atom is 0.310 e. The van der Waals surface area contributed by atoms with E-state index in [2.05, 4.69) is 5.48 Å². The Morgan fingerprint density at radius 1 is 1.26 bits per heavy atom. The summed E-state index contributed by atoms with van der Waals surface area (Å²) in [6.07, 6.45) is 1.98. The van der Waals surface area contributed by atoms with Crippen LogP contribution in [0.4, 0.5) is 0 Å². The maximum atomic E-state index is 11.7. The van der Waals surface area contributed by atoms with Gasteiger partial charge in [0.2, 0.25) is 0 Å². The van der Waals surface area contributed by atoms with Gasteiger partial charge in [0.05, 0.1) is 12.4 Å². The van der Waals surface area contributed by atoms with Crippen LogP contribution in [0.1, 0.15) is 21.9 Å². The molecule has 2 aromatic rings. The lowest BCUT2D eigenvalue weighted by atomic mass is 10.2. The predicted molar refractivity (Wildman–Crippen MR) is 74.6 cm³/mol. The van der Waals surface area contributed by atoms with Gasteiger partial charge in [0.15, 0.2) is 5.76 Å². The van der Waals surface area contributed by atoms with E-state index in [-0.39, 0.29) is 11.7 Å². The zero-order valence-corrected chi connectivity index (χ0v) is 11.4. The maximum absolute atomic E-state index is 11.7. The summed E-state index contributed by atoms with van der Waals surface area (Å²) < 4.78 is 5.38. The number of nitrogens with one attached hydrogen (secondary N) is 1. The van der Waals surface area contributed by atoms with Crippen molar-refractivity contribution in [2.24, 2.45) is 0 Å². The van der Waals surface area contributed by atoms with Crippen LogP contribution in [0.3, 0.4) is 0 Å². The molecule has 4 nitrogen and oxygen atoms in total. The molecule has 19 heavy (non-hydrogen) atoms. The van der Waals surface area contributed by atoms with Gasteiger partial charge in [0.1, 0.15) is 5.76 Å². The smallest absolute Gasteiger partial charge is 0.310 e. The summed E-state index contributed by atoms with van der Waals surface area (Å²) in [5, 5.41) is 0. The van der Waals surface area contributed by atoms with Gasteiger partial charge in [-0.15, -0.1) is 0 Å².